The van der Waals surface area contributed by atoms with Crippen molar-refractivity contribution in [2.45, 2.75) is 13.5 Å². The highest BCUT2D eigenvalue weighted by atomic mass is 16.5. The number of nitrogens with one attached hydrogen (secondary N) is 1. The molecule has 0 saturated carbocycles. The molecule has 0 aliphatic heterocycles. The number of methoxy groups -OCH3 is 1. The SMILES string of the molecule is COc1ccccc1CNc1cn(C)nc1C. The average molecular weight is 231 g/mol. The van der Waals surface area contributed by atoms with Gasteiger partial charge in [0.1, 0.15) is 5.75 Å². The normalized spacial score (nSPS) is 10.3. The molecule has 0 fully saturated rings. The fraction of sp³-hybridized carbons (Fsp3) is 0.308. The van der Waals surface area contributed by atoms with E-state index in [1.807, 2.05) is 38.4 Å². The quantitative estimate of drug-likeness (QED) is 0.878. The zero-order chi connectivity index (χ0) is 12.3. The minimum atomic E-state index is 0.733. The number of hydrogen-bond acceptors (Lipinski definition) is 3. The molecule has 0 amide bonds. The van der Waals surface area contributed by atoms with Crippen molar-refractivity contribution in [3.63, 3.8) is 0 Å². The van der Waals surface area contributed by atoms with Crippen LogP contribution in [0.1, 0.15) is 11.3 Å². The van der Waals surface area contributed by atoms with Crippen molar-refractivity contribution in [2.75, 3.05) is 12.4 Å². The third-order valence-electron chi connectivity index (χ3n) is 2.68. The van der Waals surface area contributed by atoms with Crippen LogP contribution in [0.15, 0.2) is 30.5 Å². The Balaban J connectivity index is 2.09. The third kappa shape index (κ3) is 2.58. The predicted octanol–water partition coefficient (Wildman–Crippen LogP) is 2.35. The van der Waals surface area contributed by atoms with Crippen molar-refractivity contribution < 1.29 is 4.74 Å². The second kappa shape index (κ2) is 4.91. The van der Waals surface area contributed by atoms with E-state index in [1.54, 1.807) is 11.8 Å². The number of aryl methyl sites for hydroxylation is 2. The topological polar surface area (TPSA) is 39.1 Å². The maximum Gasteiger partial charge on any atom is 0.123 e. The minimum Gasteiger partial charge on any atom is -0.496 e. The first-order valence-corrected chi connectivity index (χ1v) is 5.56. The van der Waals surface area contributed by atoms with E-state index in [0.29, 0.717) is 0 Å². The largest absolute Gasteiger partial charge is 0.496 e. The van der Waals surface area contributed by atoms with Crippen molar-refractivity contribution in [1.82, 2.24) is 9.78 Å². The lowest BCUT2D eigenvalue weighted by Crippen LogP contribution is -2.01. The van der Waals surface area contributed by atoms with E-state index in [0.717, 1.165) is 29.2 Å². The summed E-state index contributed by atoms with van der Waals surface area (Å²) in [4.78, 5) is 0. The van der Waals surface area contributed by atoms with Crippen molar-refractivity contribution in [3.8, 4) is 5.75 Å². The van der Waals surface area contributed by atoms with Crippen LogP contribution in [0.4, 0.5) is 5.69 Å². The first-order valence-electron chi connectivity index (χ1n) is 5.56. The Hall–Kier alpha value is -1.97. The zero-order valence-electron chi connectivity index (χ0n) is 10.4. The zero-order valence-corrected chi connectivity index (χ0v) is 10.4. The van der Waals surface area contributed by atoms with Gasteiger partial charge >= 0.3 is 0 Å². The molecule has 0 saturated heterocycles. The van der Waals surface area contributed by atoms with E-state index in [2.05, 4.69) is 16.5 Å². The summed E-state index contributed by atoms with van der Waals surface area (Å²) >= 11 is 0. The molecule has 90 valence electrons. The van der Waals surface area contributed by atoms with Gasteiger partial charge < -0.3 is 10.1 Å². The molecule has 4 heteroatoms. The van der Waals surface area contributed by atoms with Crippen molar-refractivity contribution in [1.29, 1.82) is 0 Å². The van der Waals surface area contributed by atoms with Gasteiger partial charge in [-0.15, -0.1) is 0 Å². The van der Waals surface area contributed by atoms with Gasteiger partial charge in [-0.2, -0.15) is 5.10 Å². The minimum absolute atomic E-state index is 0.733. The van der Waals surface area contributed by atoms with Crippen LogP contribution in [0.5, 0.6) is 5.75 Å². The van der Waals surface area contributed by atoms with E-state index in [9.17, 15) is 0 Å². The molecule has 0 spiro atoms. The number of benzene rings is 1. The molecule has 0 unspecified atom stereocenters. The summed E-state index contributed by atoms with van der Waals surface area (Å²) in [5.74, 6) is 0.904. The van der Waals surface area contributed by atoms with Gasteiger partial charge in [-0.3, -0.25) is 4.68 Å². The Bertz CT molecular complexity index is 505. The predicted molar refractivity (Wildman–Crippen MR) is 68.3 cm³/mol. The second-order valence-corrected chi connectivity index (χ2v) is 3.97. The van der Waals surface area contributed by atoms with Gasteiger partial charge in [-0.05, 0) is 13.0 Å². The number of rotatable bonds is 4. The van der Waals surface area contributed by atoms with Gasteiger partial charge in [0.2, 0.25) is 0 Å². The molecule has 17 heavy (non-hydrogen) atoms. The van der Waals surface area contributed by atoms with E-state index >= 15 is 0 Å². The van der Waals surface area contributed by atoms with Gasteiger partial charge in [-0.25, -0.2) is 0 Å². The van der Waals surface area contributed by atoms with Gasteiger partial charge in [-0.1, -0.05) is 18.2 Å². The molecule has 1 N–H and O–H groups in total. The van der Waals surface area contributed by atoms with Gasteiger partial charge in [0.25, 0.3) is 0 Å². The molecule has 0 aliphatic rings. The molecule has 4 nitrogen and oxygen atoms in total. The molecule has 0 bridgehead atoms. The van der Waals surface area contributed by atoms with E-state index in [-0.39, 0.29) is 0 Å². The molecule has 2 aromatic rings. The highest BCUT2D eigenvalue weighted by Gasteiger charge is 2.04. The monoisotopic (exact) mass is 231 g/mol. The number of nitrogens with zero attached hydrogens (tertiary/aromatic N) is 2. The molecule has 1 heterocycles. The molecule has 0 radical (unpaired) electrons. The maximum atomic E-state index is 5.31. The molecular weight excluding hydrogens is 214 g/mol. The Kier molecular flexibility index (Phi) is 3.32. The summed E-state index contributed by atoms with van der Waals surface area (Å²) in [5, 5.41) is 7.65. The summed E-state index contributed by atoms with van der Waals surface area (Å²) in [7, 11) is 3.61. The lowest BCUT2D eigenvalue weighted by Gasteiger charge is -2.09. The third-order valence-corrected chi connectivity index (χ3v) is 2.68. The number of hydrogen-bond donors (Lipinski definition) is 1. The highest BCUT2D eigenvalue weighted by molar-refractivity contribution is 5.47. The summed E-state index contributed by atoms with van der Waals surface area (Å²) in [6.07, 6.45) is 1.98. The maximum absolute atomic E-state index is 5.31. The van der Waals surface area contributed by atoms with Gasteiger partial charge in [0.05, 0.1) is 18.5 Å². The summed E-state index contributed by atoms with van der Waals surface area (Å²) in [6, 6.07) is 8.00. The Labute approximate surface area is 101 Å². The van der Waals surface area contributed by atoms with Crippen LogP contribution in [0.3, 0.4) is 0 Å². The van der Waals surface area contributed by atoms with Crippen molar-refractivity contribution in [3.05, 3.63) is 41.7 Å². The van der Waals surface area contributed by atoms with Crippen molar-refractivity contribution >= 4 is 5.69 Å². The van der Waals surface area contributed by atoms with Crippen LogP contribution in [0.2, 0.25) is 0 Å². The number of ether oxygens (including phenoxy) is 1. The molecule has 1 aromatic heterocycles. The van der Waals surface area contributed by atoms with E-state index < -0.39 is 0 Å². The molecule has 2 rings (SSSR count). The van der Waals surface area contributed by atoms with Crippen LogP contribution in [-0.4, -0.2) is 16.9 Å². The summed E-state index contributed by atoms with van der Waals surface area (Å²) in [6.45, 7) is 2.72. The smallest absolute Gasteiger partial charge is 0.123 e. The fourth-order valence-corrected chi connectivity index (χ4v) is 1.81. The van der Waals surface area contributed by atoms with Gasteiger partial charge in [0.15, 0.2) is 0 Å². The lowest BCUT2D eigenvalue weighted by molar-refractivity contribution is 0.410. The molecular formula is C13H17N3O. The van der Waals surface area contributed by atoms with Crippen LogP contribution in [0, 0.1) is 6.92 Å². The number of aromatic nitrogens is 2. The number of para-hydroxylation sites is 1. The molecule has 0 aliphatic carbocycles. The Morgan fingerprint density at radius 3 is 2.76 bits per heavy atom. The van der Waals surface area contributed by atoms with Crippen LogP contribution in [-0.2, 0) is 13.6 Å². The van der Waals surface area contributed by atoms with Gasteiger partial charge in [0, 0.05) is 25.4 Å². The summed E-state index contributed by atoms with van der Waals surface area (Å²) < 4.78 is 7.11. The first-order chi connectivity index (χ1) is 8.20. The summed E-state index contributed by atoms with van der Waals surface area (Å²) in [5.41, 5.74) is 3.19. The van der Waals surface area contributed by atoms with E-state index in [1.165, 1.54) is 0 Å². The second-order valence-electron chi connectivity index (χ2n) is 3.97. The number of anilines is 1. The lowest BCUT2D eigenvalue weighted by atomic mass is 10.2. The van der Waals surface area contributed by atoms with Crippen LogP contribution in [0.25, 0.3) is 0 Å². The van der Waals surface area contributed by atoms with Crippen LogP contribution >= 0.6 is 0 Å². The standard InChI is InChI=1S/C13H17N3O/c1-10-12(9-16(2)15-10)14-8-11-6-4-5-7-13(11)17-3/h4-7,9,14H,8H2,1-3H3. The Morgan fingerprint density at radius 1 is 1.35 bits per heavy atom. The first kappa shape index (κ1) is 11.5. The fourth-order valence-electron chi connectivity index (χ4n) is 1.81. The van der Waals surface area contributed by atoms with Crippen LogP contribution < -0.4 is 10.1 Å². The Morgan fingerprint density at radius 2 is 2.12 bits per heavy atom. The van der Waals surface area contributed by atoms with E-state index in [4.69, 9.17) is 4.74 Å². The molecule has 1 aromatic carbocycles. The average Bonchev–Trinajstić information content (AvgIpc) is 2.65. The van der Waals surface area contributed by atoms with Crippen molar-refractivity contribution in [2.24, 2.45) is 7.05 Å². The highest BCUT2D eigenvalue weighted by Crippen LogP contribution is 2.19. The molecule has 0 atom stereocenters.